The Bertz CT molecular complexity index is 493. The maximum Gasteiger partial charge on any atom is 0.217 e. The van der Waals surface area contributed by atoms with Crippen LogP contribution >= 0.6 is 11.3 Å². The number of carbonyl (C=O) groups excluding carboxylic acids is 1. The molecule has 0 aromatic carbocycles. The number of hydrogen-bond donors (Lipinski definition) is 1. The van der Waals surface area contributed by atoms with E-state index >= 15 is 0 Å². The quantitative estimate of drug-likeness (QED) is 0.912. The third-order valence-electron chi connectivity index (χ3n) is 4.98. The summed E-state index contributed by atoms with van der Waals surface area (Å²) >= 11 is 2.02. The van der Waals surface area contributed by atoms with Gasteiger partial charge in [0.05, 0.1) is 0 Å². The number of amides is 1. The van der Waals surface area contributed by atoms with Crippen molar-refractivity contribution in [1.82, 2.24) is 10.2 Å². The number of nitrogens with zero attached hydrogens (tertiary/aromatic N) is 1. The second-order valence-electron chi connectivity index (χ2n) is 6.91. The largest absolute Gasteiger partial charge is 0.352 e. The highest BCUT2D eigenvalue weighted by molar-refractivity contribution is 7.12. The van der Waals surface area contributed by atoms with Crippen molar-refractivity contribution in [2.45, 2.75) is 70.4 Å². The molecule has 2 heterocycles. The van der Waals surface area contributed by atoms with E-state index in [0.717, 1.165) is 32.0 Å². The van der Waals surface area contributed by atoms with Gasteiger partial charge >= 0.3 is 0 Å². The summed E-state index contributed by atoms with van der Waals surface area (Å²) in [6.07, 6.45) is 9.31. The third kappa shape index (κ3) is 4.32. The summed E-state index contributed by atoms with van der Waals surface area (Å²) in [6, 6.07) is 5.03. The molecule has 0 spiro atoms. The first-order valence-electron chi connectivity index (χ1n) is 8.79. The van der Waals surface area contributed by atoms with Crippen molar-refractivity contribution >= 4 is 17.2 Å². The molecule has 3 rings (SSSR count). The van der Waals surface area contributed by atoms with Crippen molar-refractivity contribution in [3.8, 4) is 0 Å². The Kier molecular flexibility index (Phi) is 5.53. The molecule has 1 saturated heterocycles. The summed E-state index contributed by atoms with van der Waals surface area (Å²) in [7, 11) is 0. The molecule has 122 valence electrons. The molecule has 1 aliphatic heterocycles. The van der Waals surface area contributed by atoms with Gasteiger partial charge in [0.25, 0.3) is 0 Å². The fourth-order valence-corrected chi connectivity index (χ4v) is 5.14. The Hall–Kier alpha value is -0.870. The van der Waals surface area contributed by atoms with Crippen LogP contribution in [-0.2, 0) is 11.3 Å². The van der Waals surface area contributed by atoms with E-state index in [1.165, 1.54) is 43.4 Å². The van der Waals surface area contributed by atoms with Crippen LogP contribution in [0.1, 0.15) is 67.5 Å². The summed E-state index contributed by atoms with van der Waals surface area (Å²) in [4.78, 5) is 16.8. The molecule has 1 aromatic rings. The van der Waals surface area contributed by atoms with Gasteiger partial charge in [0.2, 0.25) is 5.91 Å². The zero-order valence-corrected chi connectivity index (χ0v) is 14.5. The Labute approximate surface area is 138 Å². The van der Waals surface area contributed by atoms with Crippen molar-refractivity contribution in [2.24, 2.45) is 0 Å². The van der Waals surface area contributed by atoms with Crippen LogP contribution in [0.2, 0.25) is 0 Å². The Morgan fingerprint density at radius 1 is 1.23 bits per heavy atom. The van der Waals surface area contributed by atoms with Gasteiger partial charge in [-0.1, -0.05) is 19.3 Å². The molecule has 2 aliphatic rings. The van der Waals surface area contributed by atoms with E-state index in [9.17, 15) is 4.79 Å². The van der Waals surface area contributed by atoms with Gasteiger partial charge in [0.15, 0.2) is 0 Å². The number of rotatable bonds is 4. The first-order chi connectivity index (χ1) is 10.7. The van der Waals surface area contributed by atoms with Crippen molar-refractivity contribution < 1.29 is 4.79 Å². The highest BCUT2D eigenvalue weighted by Gasteiger charge is 2.22. The Morgan fingerprint density at radius 3 is 2.82 bits per heavy atom. The van der Waals surface area contributed by atoms with Crippen molar-refractivity contribution in [2.75, 3.05) is 13.1 Å². The number of nitrogens with one attached hydrogen (secondary N) is 1. The van der Waals surface area contributed by atoms with Gasteiger partial charge in [-0.05, 0) is 50.3 Å². The van der Waals surface area contributed by atoms with Crippen molar-refractivity contribution in [1.29, 1.82) is 0 Å². The van der Waals surface area contributed by atoms with Crippen molar-refractivity contribution in [3.63, 3.8) is 0 Å². The smallest absolute Gasteiger partial charge is 0.217 e. The second kappa shape index (κ2) is 7.60. The fourth-order valence-electron chi connectivity index (χ4n) is 3.91. The van der Waals surface area contributed by atoms with Gasteiger partial charge in [-0.2, -0.15) is 0 Å². The molecule has 1 saturated carbocycles. The fraction of sp³-hybridized carbons (Fsp3) is 0.722. The van der Waals surface area contributed by atoms with Crippen LogP contribution in [0, 0.1) is 0 Å². The molecule has 0 bridgehead atoms. The van der Waals surface area contributed by atoms with Gasteiger partial charge in [-0.3, -0.25) is 9.69 Å². The van der Waals surface area contributed by atoms with Gasteiger partial charge in [0, 0.05) is 35.8 Å². The molecule has 4 heteroatoms. The summed E-state index contributed by atoms with van der Waals surface area (Å²) < 4.78 is 0. The molecule has 1 amide bonds. The predicted octanol–water partition coefficient (Wildman–Crippen LogP) is 3.90. The average Bonchev–Trinajstić information content (AvgIpc) is 2.96. The minimum atomic E-state index is 0.0996. The maximum atomic E-state index is 11.2. The predicted molar refractivity (Wildman–Crippen MR) is 92.3 cm³/mol. The van der Waals surface area contributed by atoms with Crippen LogP contribution in [0.4, 0.5) is 0 Å². The average molecular weight is 321 g/mol. The summed E-state index contributed by atoms with van der Waals surface area (Å²) in [5.74, 6) is 0.920. The van der Waals surface area contributed by atoms with E-state index in [1.807, 2.05) is 11.3 Å². The van der Waals surface area contributed by atoms with Crippen molar-refractivity contribution in [3.05, 3.63) is 21.9 Å². The Balaban J connectivity index is 1.54. The first kappa shape index (κ1) is 16.0. The highest BCUT2D eigenvalue weighted by Crippen LogP contribution is 2.36. The van der Waals surface area contributed by atoms with Gasteiger partial charge in [-0.15, -0.1) is 11.3 Å². The standard InChI is InChI=1S/C18H28N2OS/c1-14(21)19-16-8-5-11-20(12-16)13-17-9-10-18(22-17)15-6-3-2-4-7-15/h9-10,15-16H,2-8,11-13H2,1H3,(H,19,21). The molecule has 0 radical (unpaired) electrons. The number of thiophene rings is 1. The molecule has 3 nitrogen and oxygen atoms in total. The maximum absolute atomic E-state index is 11.2. The minimum Gasteiger partial charge on any atom is -0.352 e. The van der Waals surface area contributed by atoms with E-state index < -0.39 is 0 Å². The zero-order chi connectivity index (χ0) is 15.4. The molecule has 1 aliphatic carbocycles. The monoisotopic (exact) mass is 320 g/mol. The van der Waals surface area contributed by atoms with Gasteiger partial charge in [0.1, 0.15) is 0 Å². The lowest BCUT2D eigenvalue weighted by Gasteiger charge is -2.32. The van der Waals surface area contributed by atoms with Crippen LogP contribution in [0.3, 0.4) is 0 Å². The minimum absolute atomic E-state index is 0.0996. The Morgan fingerprint density at radius 2 is 2.05 bits per heavy atom. The normalized spacial score (nSPS) is 24.3. The van der Waals surface area contributed by atoms with Crippen LogP contribution in [-0.4, -0.2) is 29.9 Å². The zero-order valence-electron chi connectivity index (χ0n) is 13.6. The van der Waals surface area contributed by atoms with Gasteiger partial charge < -0.3 is 5.32 Å². The number of hydrogen-bond acceptors (Lipinski definition) is 3. The molecular formula is C18H28N2OS. The first-order valence-corrected chi connectivity index (χ1v) is 9.60. The molecular weight excluding hydrogens is 292 g/mol. The molecule has 1 N–H and O–H groups in total. The summed E-state index contributed by atoms with van der Waals surface area (Å²) in [5.41, 5.74) is 0. The van der Waals surface area contributed by atoms with E-state index in [0.29, 0.717) is 6.04 Å². The van der Waals surface area contributed by atoms with Crippen LogP contribution in [0.15, 0.2) is 12.1 Å². The van der Waals surface area contributed by atoms with Crippen LogP contribution in [0.5, 0.6) is 0 Å². The van der Waals surface area contributed by atoms with Crippen LogP contribution < -0.4 is 5.32 Å². The number of piperidine rings is 1. The van der Waals surface area contributed by atoms with Gasteiger partial charge in [-0.25, -0.2) is 0 Å². The SMILES string of the molecule is CC(=O)NC1CCCN(Cc2ccc(C3CCCCC3)s2)C1. The van der Waals surface area contributed by atoms with E-state index in [2.05, 4.69) is 22.3 Å². The topological polar surface area (TPSA) is 32.3 Å². The molecule has 1 aromatic heterocycles. The van der Waals surface area contributed by atoms with E-state index in [-0.39, 0.29) is 5.91 Å². The molecule has 1 unspecified atom stereocenters. The molecule has 1 atom stereocenters. The lowest BCUT2D eigenvalue weighted by molar-refractivity contribution is -0.120. The van der Waals surface area contributed by atoms with E-state index in [4.69, 9.17) is 0 Å². The second-order valence-corrected chi connectivity index (χ2v) is 8.11. The lowest BCUT2D eigenvalue weighted by atomic mass is 9.88. The van der Waals surface area contributed by atoms with E-state index in [1.54, 1.807) is 11.8 Å². The summed E-state index contributed by atoms with van der Waals surface area (Å²) in [6.45, 7) is 4.82. The molecule has 2 fully saturated rings. The number of likely N-dealkylation sites (tertiary alicyclic amines) is 1. The molecule has 22 heavy (non-hydrogen) atoms. The summed E-state index contributed by atoms with van der Waals surface area (Å²) in [5, 5.41) is 3.08. The van der Waals surface area contributed by atoms with Crippen LogP contribution in [0.25, 0.3) is 0 Å². The number of carbonyl (C=O) groups is 1. The third-order valence-corrected chi connectivity index (χ3v) is 6.21. The highest BCUT2D eigenvalue weighted by atomic mass is 32.1. The lowest BCUT2D eigenvalue weighted by Crippen LogP contribution is -2.46.